The molecule has 94 valence electrons. The highest BCUT2D eigenvalue weighted by atomic mass is 35.5. The number of amides is 1. The van der Waals surface area contributed by atoms with Gasteiger partial charge in [-0.1, -0.05) is 23.7 Å². The van der Waals surface area contributed by atoms with Crippen molar-refractivity contribution in [2.45, 2.75) is 12.6 Å². The van der Waals surface area contributed by atoms with Crippen LogP contribution in [0.5, 0.6) is 0 Å². The van der Waals surface area contributed by atoms with E-state index in [1.54, 1.807) is 12.1 Å². The Morgan fingerprint density at radius 3 is 3.00 bits per heavy atom. The minimum Gasteiger partial charge on any atom is -0.383 e. The van der Waals surface area contributed by atoms with E-state index in [-0.39, 0.29) is 18.2 Å². The number of rotatable bonds is 5. The van der Waals surface area contributed by atoms with E-state index >= 15 is 0 Å². The number of carbonyl (C=O) groups is 1. The predicted molar refractivity (Wildman–Crippen MR) is 63.1 cm³/mol. The van der Waals surface area contributed by atoms with Gasteiger partial charge in [0.15, 0.2) is 0 Å². The normalized spacial score (nSPS) is 12.2. The molecule has 4 nitrogen and oxygen atoms in total. The molecule has 17 heavy (non-hydrogen) atoms. The van der Waals surface area contributed by atoms with Crippen molar-refractivity contribution in [1.29, 1.82) is 0 Å². The Morgan fingerprint density at radius 1 is 1.65 bits per heavy atom. The van der Waals surface area contributed by atoms with Gasteiger partial charge >= 0.3 is 0 Å². The van der Waals surface area contributed by atoms with Gasteiger partial charge in [0.1, 0.15) is 11.9 Å². The fourth-order valence-corrected chi connectivity index (χ4v) is 1.45. The van der Waals surface area contributed by atoms with Crippen LogP contribution in [0.1, 0.15) is 5.56 Å². The van der Waals surface area contributed by atoms with E-state index in [2.05, 4.69) is 5.32 Å². The maximum atomic E-state index is 13.5. The number of halogens is 2. The molecule has 1 unspecified atom stereocenters. The summed E-state index contributed by atoms with van der Waals surface area (Å²) in [5, 5.41) is 2.53. The second-order valence-electron chi connectivity index (χ2n) is 3.49. The van der Waals surface area contributed by atoms with Crippen LogP contribution in [0.3, 0.4) is 0 Å². The number of hydrogen-bond donors (Lipinski definition) is 2. The van der Waals surface area contributed by atoms with Crippen molar-refractivity contribution in [3.8, 4) is 0 Å². The summed E-state index contributed by atoms with van der Waals surface area (Å²) in [6.45, 7) is 0.159. The highest BCUT2D eigenvalue weighted by Gasteiger charge is 2.13. The minimum atomic E-state index is -0.762. The van der Waals surface area contributed by atoms with Gasteiger partial charge in [-0.3, -0.25) is 4.79 Å². The number of benzene rings is 1. The molecule has 1 amide bonds. The molecule has 0 heterocycles. The first-order valence-electron chi connectivity index (χ1n) is 5.01. The van der Waals surface area contributed by atoms with Crippen LogP contribution in [0.4, 0.5) is 4.39 Å². The number of nitrogens with one attached hydrogen (secondary N) is 1. The number of ether oxygens (including phenoxy) is 1. The molecule has 0 saturated carbocycles. The van der Waals surface area contributed by atoms with Gasteiger partial charge in [0.05, 0.1) is 11.6 Å². The Balaban J connectivity index is 2.56. The van der Waals surface area contributed by atoms with E-state index in [0.29, 0.717) is 5.56 Å². The molecule has 1 aromatic carbocycles. The molecule has 0 aliphatic rings. The van der Waals surface area contributed by atoms with Gasteiger partial charge in [-0.05, 0) is 6.07 Å². The molecule has 1 aromatic rings. The maximum absolute atomic E-state index is 13.5. The molecule has 0 saturated heterocycles. The number of hydrogen-bond acceptors (Lipinski definition) is 3. The fraction of sp³-hybridized carbons (Fsp3) is 0.364. The molecule has 3 N–H and O–H groups in total. The Morgan fingerprint density at radius 2 is 2.35 bits per heavy atom. The van der Waals surface area contributed by atoms with Gasteiger partial charge in [0.25, 0.3) is 0 Å². The summed E-state index contributed by atoms with van der Waals surface area (Å²) in [4.78, 5) is 11.4. The van der Waals surface area contributed by atoms with Crippen molar-refractivity contribution < 1.29 is 13.9 Å². The van der Waals surface area contributed by atoms with Gasteiger partial charge in [-0.25, -0.2) is 4.39 Å². The monoisotopic (exact) mass is 260 g/mol. The third-order valence-corrected chi connectivity index (χ3v) is 2.46. The van der Waals surface area contributed by atoms with Crippen molar-refractivity contribution in [3.05, 3.63) is 34.6 Å². The van der Waals surface area contributed by atoms with Gasteiger partial charge in [0.2, 0.25) is 5.91 Å². The molecule has 0 radical (unpaired) electrons. The lowest BCUT2D eigenvalue weighted by Crippen LogP contribution is -2.43. The molecule has 0 aliphatic carbocycles. The molecule has 6 heteroatoms. The first-order chi connectivity index (χ1) is 8.06. The van der Waals surface area contributed by atoms with Crippen LogP contribution < -0.4 is 11.1 Å². The Labute approximate surface area is 104 Å². The van der Waals surface area contributed by atoms with Gasteiger partial charge in [-0.15, -0.1) is 0 Å². The van der Waals surface area contributed by atoms with Crippen LogP contribution in [-0.4, -0.2) is 25.7 Å². The van der Waals surface area contributed by atoms with Gasteiger partial charge in [-0.2, -0.15) is 0 Å². The van der Waals surface area contributed by atoms with Crippen LogP contribution in [0, 0.1) is 5.82 Å². The molecule has 1 atom stereocenters. The van der Waals surface area contributed by atoms with Gasteiger partial charge < -0.3 is 15.8 Å². The largest absolute Gasteiger partial charge is 0.383 e. The van der Waals surface area contributed by atoms with Crippen molar-refractivity contribution in [3.63, 3.8) is 0 Å². The number of nitrogens with two attached hydrogens (primary N) is 1. The zero-order chi connectivity index (χ0) is 12.8. The number of carbonyl (C=O) groups excluding carboxylic acids is 1. The van der Waals surface area contributed by atoms with Crippen LogP contribution in [-0.2, 0) is 16.1 Å². The van der Waals surface area contributed by atoms with Gasteiger partial charge in [0, 0.05) is 19.2 Å². The summed E-state index contributed by atoms with van der Waals surface area (Å²) in [6, 6.07) is 3.84. The second kappa shape index (κ2) is 6.54. The molecular weight excluding hydrogens is 247 g/mol. The summed E-state index contributed by atoms with van der Waals surface area (Å²) in [6.07, 6.45) is 0. The first kappa shape index (κ1) is 13.9. The van der Waals surface area contributed by atoms with E-state index < -0.39 is 17.8 Å². The zero-order valence-corrected chi connectivity index (χ0v) is 10.1. The third kappa shape index (κ3) is 3.96. The lowest BCUT2D eigenvalue weighted by Gasteiger charge is -2.11. The summed E-state index contributed by atoms with van der Waals surface area (Å²) in [5.41, 5.74) is 5.82. The zero-order valence-electron chi connectivity index (χ0n) is 9.37. The molecule has 0 spiro atoms. The van der Waals surface area contributed by atoms with E-state index in [9.17, 15) is 9.18 Å². The summed E-state index contributed by atoms with van der Waals surface area (Å²) in [5.74, 6) is -0.930. The lowest BCUT2D eigenvalue weighted by atomic mass is 10.2. The highest BCUT2D eigenvalue weighted by Crippen LogP contribution is 2.17. The van der Waals surface area contributed by atoms with Crippen molar-refractivity contribution in [2.75, 3.05) is 13.7 Å². The molecule has 0 bridgehead atoms. The lowest BCUT2D eigenvalue weighted by molar-refractivity contribution is -0.123. The topological polar surface area (TPSA) is 64.3 Å². The van der Waals surface area contributed by atoms with Crippen LogP contribution in [0.15, 0.2) is 18.2 Å². The third-order valence-electron chi connectivity index (χ3n) is 2.17. The molecule has 1 rings (SSSR count). The standard InChI is InChI=1S/C11H14ClFN2O2/c1-17-6-9(14)11(16)15-5-7-3-2-4-8(12)10(7)13/h2-4,9H,5-6,14H2,1H3,(H,15,16). The molecule has 0 fully saturated rings. The molecule has 0 aliphatic heterocycles. The average molecular weight is 261 g/mol. The quantitative estimate of drug-likeness (QED) is 0.832. The fourth-order valence-electron chi connectivity index (χ4n) is 1.25. The van der Waals surface area contributed by atoms with Crippen molar-refractivity contribution in [2.24, 2.45) is 5.73 Å². The first-order valence-corrected chi connectivity index (χ1v) is 5.39. The molecule has 0 aromatic heterocycles. The Bertz CT molecular complexity index is 401. The smallest absolute Gasteiger partial charge is 0.239 e. The maximum Gasteiger partial charge on any atom is 0.239 e. The second-order valence-corrected chi connectivity index (χ2v) is 3.90. The average Bonchev–Trinajstić information content (AvgIpc) is 2.31. The number of methoxy groups -OCH3 is 1. The van der Waals surface area contributed by atoms with E-state index in [0.717, 1.165) is 0 Å². The van der Waals surface area contributed by atoms with E-state index in [1.165, 1.54) is 13.2 Å². The molecular formula is C11H14ClFN2O2. The van der Waals surface area contributed by atoms with Crippen molar-refractivity contribution >= 4 is 17.5 Å². The summed E-state index contributed by atoms with van der Waals surface area (Å²) >= 11 is 5.61. The van der Waals surface area contributed by atoms with E-state index in [4.69, 9.17) is 22.1 Å². The van der Waals surface area contributed by atoms with E-state index in [1.807, 2.05) is 0 Å². The summed E-state index contributed by atoms with van der Waals surface area (Å²) < 4.78 is 18.2. The Kier molecular flexibility index (Phi) is 5.34. The van der Waals surface area contributed by atoms with Crippen LogP contribution in [0.25, 0.3) is 0 Å². The minimum absolute atomic E-state index is 0.0259. The Hall–Kier alpha value is -1.17. The van der Waals surface area contributed by atoms with Crippen LogP contribution in [0.2, 0.25) is 5.02 Å². The summed E-state index contributed by atoms with van der Waals surface area (Å²) in [7, 11) is 1.45. The predicted octanol–water partition coefficient (Wildman–Crippen LogP) is 1.07. The highest BCUT2D eigenvalue weighted by molar-refractivity contribution is 6.30. The van der Waals surface area contributed by atoms with Crippen LogP contribution >= 0.6 is 11.6 Å². The van der Waals surface area contributed by atoms with Crippen molar-refractivity contribution in [1.82, 2.24) is 5.32 Å². The SMILES string of the molecule is COCC(N)C(=O)NCc1cccc(Cl)c1F.